The summed E-state index contributed by atoms with van der Waals surface area (Å²) in [5.74, 6) is 1.07. The molecule has 0 radical (unpaired) electrons. The maximum atomic E-state index is 10.6. The molecule has 20 heavy (non-hydrogen) atoms. The van der Waals surface area contributed by atoms with E-state index in [-0.39, 0.29) is 0 Å². The van der Waals surface area contributed by atoms with Gasteiger partial charge in [-0.15, -0.1) is 0 Å². The first-order valence-electron chi connectivity index (χ1n) is 7.63. The smallest absolute Gasteiger partial charge is 0.134 e. The zero-order chi connectivity index (χ0) is 14.3. The Morgan fingerprint density at radius 3 is 2.60 bits per heavy atom. The van der Waals surface area contributed by atoms with E-state index in [1.54, 1.807) is 0 Å². The lowest BCUT2D eigenvalue weighted by Gasteiger charge is -2.35. The molecule has 2 heteroatoms. The molecule has 1 aliphatic carbocycles. The minimum atomic E-state index is -0.459. The van der Waals surface area contributed by atoms with Gasteiger partial charge in [-0.3, -0.25) is 0 Å². The van der Waals surface area contributed by atoms with Crippen LogP contribution in [0.4, 0.5) is 0 Å². The molecule has 0 amide bonds. The van der Waals surface area contributed by atoms with Crippen LogP contribution in [0.1, 0.15) is 57.0 Å². The predicted molar refractivity (Wildman–Crippen MR) is 81.6 cm³/mol. The van der Waals surface area contributed by atoms with E-state index in [1.807, 2.05) is 18.2 Å². The van der Waals surface area contributed by atoms with Crippen LogP contribution in [0.3, 0.4) is 0 Å². The van der Waals surface area contributed by atoms with Crippen LogP contribution < -0.4 is 0 Å². The third kappa shape index (κ3) is 2.62. The predicted octanol–water partition coefficient (Wildman–Crippen LogP) is 4.99. The van der Waals surface area contributed by atoms with Crippen molar-refractivity contribution in [1.29, 1.82) is 0 Å². The highest BCUT2D eigenvalue weighted by Crippen LogP contribution is 2.43. The van der Waals surface area contributed by atoms with Gasteiger partial charge < -0.3 is 9.52 Å². The molecule has 108 valence electrons. The van der Waals surface area contributed by atoms with Crippen molar-refractivity contribution in [1.82, 2.24) is 0 Å². The van der Waals surface area contributed by atoms with E-state index in [1.165, 1.54) is 18.4 Å². The van der Waals surface area contributed by atoms with Crippen molar-refractivity contribution >= 4 is 11.0 Å². The molecule has 1 aliphatic rings. The van der Waals surface area contributed by atoms with Gasteiger partial charge in [0.15, 0.2) is 0 Å². The second kappa shape index (κ2) is 4.92. The standard InChI is InChI=1S/C18H24O2/c1-12-4-5-15-14(10-12)11-16(20-15)17(19)13-6-8-18(2,3)9-7-13/h4-5,10-11,13,17,19H,6-9H2,1-3H3. The SMILES string of the molecule is Cc1ccc2oc(C(O)C3CCC(C)(C)CC3)cc2c1. The number of aliphatic hydroxyl groups excluding tert-OH is 1. The molecule has 1 aromatic heterocycles. The monoisotopic (exact) mass is 272 g/mol. The van der Waals surface area contributed by atoms with Crippen LogP contribution >= 0.6 is 0 Å². The Morgan fingerprint density at radius 2 is 1.90 bits per heavy atom. The lowest BCUT2D eigenvalue weighted by atomic mass is 9.71. The lowest BCUT2D eigenvalue weighted by Crippen LogP contribution is -2.24. The number of rotatable bonds is 2. The zero-order valence-electron chi connectivity index (χ0n) is 12.6. The Morgan fingerprint density at radius 1 is 1.20 bits per heavy atom. The first-order chi connectivity index (χ1) is 9.44. The maximum Gasteiger partial charge on any atom is 0.134 e. The normalized spacial score (nSPS) is 21.2. The lowest BCUT2D eigenvalue weighted by molar-refractivity contribution is 0.0428. The number of aliphatic hydroxyl groups is 1. The van der Waals surface area contributed by atoms with Gasteiger partial charge in [-0.05, 0) is 62.1 Å². The largest absolute Gasteiger partial charge is 0.458 e. The summed E-state index contributed by atoms with van der Waals surface area (Å²) in [6.45, 7) is 6.71. The summed E-state index contributed by atoms with van der Waals surface area (Å²) >= 11 is 0. The van der Waals surface area contributed by atoms with Crippen LogP contribution in [0.25, 0.3) is 11.0 Å². The Balaban J connectivity index is 1.80. The second-order valence-electron chi connectivity index (χ2n) is 7.14. The van der Waals surface area contributed by atoms with Crippen LogP contribution in [0.5, 0.6) is 0 Å². The van der Waals surface area contributed by atoms with E-state index < -0.39 is 6.10 Å². The highest BCUT2D eigenvalue weighted by molar-refractivity contribution is 5.78. The van der Waals surface area contributed by atoms with Crippen LogP contribution in [-0.4, -0.2) is 5.11 Å². The molecule has 2 nitrogen and oxygen atoms in total. The summed E-state index contributed by atoms with van der Waals surface area (Å²) in [5, 5.41) is 11.7. The van der Waals surface area contributed by atoms with E-state index in [2.05, 4.69) is 26.8 Å². The van der Waals surface area contributed by atoms with E-state index in [0.29, 0.717) is 11.3 Å². The molecule has 1 unspecified atom stereocenters. The van der Waals surface area contributed by atoms with E-state index >= 15 is 0 Å². The molecule has 0 spiro atoms. The van der Waals surface area contributed by atoms with Gasteiger partial charge in [-0.2, -0.15) is 0 Å². The highest BCUT2D eigenvalue weighted by atomic mass is 16.4. The Kier molecular flexibility index (Phi) is 3.37. The molecule has 0 saturated heterocycles. The van der Waals surface area contributed by atoms with E-state index in [0.717, 1.165) is 29.6 Å². The molecule has 0 bridgehead atoms. The Bertz CT molecular complexity index is 599. The number of fused-ring (bicyclic) bond motifs is 1. The summed E-state index contributed by atoms with van der Waals surface area (Å²) in [4.78, 5) is 0. The van der Waals surface area contributed by atoms with Gasteiger partial charge in [0.05, 0.1) is 0 Å². The minimum absolute atomic E-state index is 0.338. The topological polar surface area (TPSA) is 33.4 Å². The fourth-order valence-corrected chi connectivity index (χ4v) is 3.30. The fraction of sp³-hybridized carbons (Fsp3) is 0.556. The van der Waals surface area contributed by atoms with Gasteiger partial charge in [-0.1, -0.05) is 25.5 Å². The van der Waals surface area contributed by atoms with Gasteiger partial charge in [0, 0.05) is 5.39 Å². The average Bonchev–Trinajstić information content (AvgIpc) is 2.80. The van der Waals surface area contributed by atoms with Gasteiger partial charge >= 0.3 is 0 Å². The van der Waals surface area contributed by atoms with Crippen LogP contribution in [0.2, 0.25) is 0 Å². The number of hydrogen-bond acceptors (Lipinski definition) is 2. The Labute approximate surface area is 120 Å². The molecule has 0 aliphatic heterocycles. The third-order valence-electron chi connectivity index (χ3n) is 4.81. The van der Waals surface area contributed by atoms with Gasteiger partial charge in [0.1, 0.15) is 17.4 Å². The van der Waals surface area contributed by atoms with Crippen molar-refractivity contribution in [2.75, 3.05) is 0 Å². The molecule has 1 atom stereocenters. The number of benzene rings is 1. The third-order valence-corrected chi connectivity index (χ3v) is 4.81. The molecule has 1 aromatic carbocycles. The molecule has 1 N–H and O–H groups in total. The fourth-order valence-electron chi connectivity index (χ4n) is 3.30. The summed E-state index contributed by atoms with van der Waals surface area (Å²) in [6.07, 6.45) is 4.09. The van der Waals surface area contributed by atoms with Crippen LogP contribution in [0.15, 0.2) is 28.7 Å². The molecule has 2 aromatic rings. The van der Waals surface area contributed by atoms with Crippen LogP contribution in [0, 0.1) is 18.3 Å². The number of furan rings is 1. The van der Waals surface area contributed by atoms with E-state index in [9.17, 15) is 5.11 Å². The first-order valence-corrected chi connectivity index (χ1v) is 7.63. The maximum absolute atomic E-state index is 10.6. The van der Waals surface area contributed by atoms with E-state index in [4.69, 9.17) is 4.42 Å². The molecular weight excluding hydrogens is 248 g/mol. The molecular formula is C18H24O2. The van der Waals surface area contributed by atoms with Crippen molar-refractivity contribution in [2.45, 2.75) is 52.6 Å². The summed E-state index contributed by atoms with van der Waals surface area (Å²) in [6, 6.07) is 8.15. The summed E-state index contributed by atoms with van der Waals surface area (Å²) in [7, 11) is 0. The highest BCUT2D eigenvalue weighted by Gasteiger charge is 2.32. The van der Waals surface area contributed by atoms with Crippen molar-refractivity contribution in [3.05, 3.63) is 35.6 Å². The van der Waals surface area contributed by atoms with Gasteiger partial charge in [0.2, 0.25) is 0 Å². The molecule has 1 saturated carbocycles. The second-order valence-corrected chi connectivity index (χ2v) is 7.14. The average molecular weight is 272 g/mol. The molecule has 1 heterocycles. The Hall–Kier alpha value is -1.28. The number of aryl methyl sites for hydroxylation is 1. The van der Waals surface area contributed by atoms with Gasteiger partial charge in [-0.25, -0.2) is 0 Å². The van der Waals surface area contributed by atoms with Crippen molar-refractivity contribution in [3.8, 4) is 0 Å². The quantitative estimate of drug-likeness (QED) is 0.835. The van der Waals surface area contributed by atoms with Crippen molar-refractivity contribution < 1.29 is 9.52 Å². The zero-order valence-corrected chi connectivity index (χ0v) is 12.6. The molecule has 1 fully saturated rings. The van der Waals surface area contributed by atoms with Crippen molar-refractivity contribution in [3.63, 3.8) is 0 Å². The van der Waals surface area contributed by atoms with Crippen molar-refractivity contribution in [2.24, 2.45) is 11.3 Å². The first kappa shape index (κ1) is 13.7. The van der Waals surface area contributed by atoms with Crippen LogP contribution in [-0.2, 0) is 0 Å². The minimum Gasteiger partial charge on any atom is -0.458 e. The summed E-state index contributed by atoms with van der Waals surface area (Å²) < 4.78 is 5.84. The number of hydrogen-bond donors (Lipinski definition) is 1. The molecule has 3 rings (SSSR count). The summed E-state index contributed by atoms with van der Waals surface area (Å²) in [5.41, 5.74) is 2.53. The van der Waals surface area contributed by atoms with Gasteiger partial charge in [0.25, 0.3) is 0 Å².